The highest BCUT2D eigenvalue weighted by Crippen LogP contribution is 2.19. The molecule has 0 bridgehead atoms. The number of hydrogen-bond acceptors (Lipinski definition) is 5. The molecule has 0 spiro atoms. The number of aliphatic imine (C=N–C) groups is 1. The summed E-state index contributed by atoms with van der Waals surface area (Å²) in [6.07, 6.45) is 9.26. The van der Waals surface area contributed by atoms with Gasteiger partial charge in [0.2, 0.25) is 0 Å². The van der Waals surface area contributed by atoms with E-state index in [1.54, 1.807) is 36.7 Å². The van der Waals surface area contributed by atoms with Gasteiger partial charge in [0.1, 0.15) is 11.5 Å². The number of rotatable bonds is 12. The van der Waals surface area contributed by atoms with Crippen molar-refractivity contribution >= 4 is 17.9 Å². The minimum Gasteiger partial charge on any atom is -0.494 e. The van der Waals surface area contributed by atoms with Crippen molar-refractivity contribution in [1.29, 1.82) is 0 Å². The summed E-state index contributed by atoms with van der Waals surface area (Å²) in [5, 5.41) is 8.99. The number of aromatic nitrogens is 1. The van der Waals surface area contributed by atoms with Crippen LogP contribution in [0.25, 0.3) is 0 Å². The number of ether oxygens (including phenoxy) is 2. The molecule has 3 rings (SSSR count). The molecule has 0 saturated carbocycles. The number of carboxylic acid groups (broad SMARTS) is 1. The van der Waals surface area contributed by atoms with Gasteiger partial charge in [0.15, 0.2) is 0 Å². The first-order valence-electron chi connectivity index (χ1n) is 10.3. The first-order valence-corrected chi connectivity index (χ1v) is 10.3. The van der Waals surface area contributed by atoms with Crippen LogP contribution < -0.4 is 9.47 Å². The molecule has 0 unspecified atom stereocenters. The normalized spacial score (nSPS) is 10.8. The Morgan fingerprint density at radius 2 is 1.55 bits per heavy atom. The molecule has 6 nitrogen and oxygen atoms in total. The molecule has 0 amide bonds. The molecular formula is C25H26N2O4. The Hall–Kier alpha value is -3.67. The lowest BCUT2D eigenvalue weighted by Crippen LogP contribution is -2.01. The van der Waals surface area contributed by atoms with Crippen LogP contribution in [0.3, 0.4) is 0 Å². The molecule has 160 valence electrons. The van der Waals surface area contributed by atoms with E-state index in [9.17, 15) is 4.79 Å². The number of benzene rings is 2. The topological polar surface area (TPSA) is 81.0 Å². The lowest BCUT2D eigenvalue weighted by atomic mass is 10.2. The van der Waals surface area contributed by atoms with Crippen LogP contribution in [0, 0.1) is 0 Å². The number of hydrogen-bond donors (Lipinski definition) is 1. The van der Waals surface area contributed by atoms with Gasteiger partial charge in [0.25, 0.3) is 0 Å². The molecule has 0 fully saturated rings. The number of pyridine rings is 1. The monoisotopic (exact) mass is 418 g/mol. The summed E-state index contributed by atoms with van der Waals surface area (Å²) in [5.41, 5.74) is 2.12. The highest BCUT2D eigenvalue weighted by molar-refractivity contribution is 5.88. The quantitative estimate of drug-likeness (QED) is 0.308. The van der Waals surface area contributed by atoms with Crippen LogP contribution in [0.1, 0.15) is 41.6 Å². The third-order valence-electron chi connectivity index (χ3n) is 4.56. The fourth-order valence-electron chi connectivity index (χ4n) is 2.88. The van der Waals surface area contributed by atoms with Crippen molar-refractivity contribution in [1.82, 2.24) is 4.98 Å². The van der Waals surface area contributed by atoms with Crippen LogP contribution in [0.15, 0.2) is 78.0 Å². The molecule has 2 aromatic carbocycles. The molecule has 0 aliphatic heterocycles. The van der Waals surface area contributed by atoms with Gasteiger partial charge in [-0.05, 0) is 85.8 Å². The van der Waals surface area contributed by atoms with Crippen molar-refractivity contribution in [3.05, 3.63) is 84.2 Å². The third kappa shape index (κ3) is 7.93. The highest BCUT2D eigenvalue weighted by Gasteiger charge is 2.03. The average Bonchev–Trinajstić information content (AvgIpc) is 2.81. The molecule has 1 N–H and O–H groups in total. The Morgan fingerprint density at radius 1 is 0.871 bits per heavy atom. The Kier molecular flexibility index (Phi) is 8.61. The molecule has 0 aliphatic carbocycles. The summed E-state index contributed by atoms with van der Waals surface area (Å²) in [6.45, 7) is 1.24. The number of nitrogens with zero attached hydrogens (tertiary/aromatic N) is 2. The van der Waals surface area contributed by atoms with Crippen molar-refractivity contribution in [2.45, 2.75) is 25.7 Å². The number of carbonyl (C=O) groups is 1. The van der Waals surface area contributed by atoms with Gasteiger partial charge in [-0.25, -0.2) is 4.79 Å². The van der Waals surface area contributed by atoms with Crippen LogP contribution in [-0.4, -0.2) is 35.5 Å². The van der Waals surface area contributed by atoms with E-state index in [0.29, 0.717) is 19.0 Å². The van der Waals surface area contributed by atoms with Gasteiger partial charge in [0.05, 0.1) is 24.5 Å². The van der Waals surface area contributed by atoms with E-state index >= 15 is 0 Å². The highest BCUT2D eigenvalue weighted by atomic mass is 16.5. The summed E-state index contributed by atoms with van der Waals surface area (Å²) in [6, 6.07) is 18.1. The predicted octanol–water partition coefficient (Wildman–Crippen LogP) is 5.55. The minimum absolute atomic E-state index is 0.239. The van der Waals surface area contributed by atoms with Gasteiger partial charge < -0.3 is 14.6 Å². The van der Waals surface area contributed by atoms with Crippen LogP contribution in [-0.2, 0) is 0 Å². The van der Waals surface area contributed by atoms with Crippen molar-refractivity contribution in [3.63, 3.8) is 0 Å². The van der Waals surface area contributed by atoms with Crippen LogP contribution >= 0.6 is 0 Å². The van der Waals surface area contributed by atoms with Gasteiger partial charge in [-0.2, -0.15) is 0 Å². The van der Waals surface area contributed by atoms with Crippen LogP contribution in [0.2, 0.25) is 0 Å². The fourth-order valence-corrected chi connectivity index (χ4v) is 2.88. The fraction of sp³-hybridized carbons (Fsp3) is 0.240. The lowest BCUT2D eigenvalue weighted by molar-refractivity contribution is 0.0696. The average molecular weight is 418 g/mol. The molecule has 1 heterocycles. The third-order valence-corrected chi connectivity index (χ3v) is 4.56. The van der Waals surface area contributed by atoms with Crippen LogP contribution in [0.5, 0.6) is 11.5 Å². The molecular weight excluding hydrogens is 392 g/mol. The number of aromatic carboxylic acids is 1. The molecule has 0 radical (unpaired) electrons. The molecule has 0 saturated heterocycles. The van der Waals surface area contributed by atoms with Gasteiger partial charge >= 0.3 is 5.97 Å². The van der Waals surface area contributed by atoms with E-state index in [2.05, 4.69) is 9.98 Å². The summed E-state index contributed by atoms with van der Waals surface area (Å²) < 4.78 is 11.4. The maximum atomic E-state index is 11.0. The smallest absolute Gasteiger partial charge is 0.335 e. The van der Waals surface area contributed by atoms with E-state index in [1.807, 2.05) is 42.6 Å². The second-order valence-electron chi connectivity index (χ2n) is 6.98. The van der Waals surface area contributed by atoms with E-state index in [0.717, 1.165) is 42.7 Å². The number of unbranched alkanes of at least 4 members (excludes halogenated alkanes) is 3. The van der Waals surface area contributed by atoms with Crippen LogP contribution in [0.4, 0.5) is 5.69 Å². The Labute approximate surface area is 182 Å². The van der Waals surface area contributed by atoms with E-state index in [-0.39, 0.29) is 5.56 Å². The van der Waals surface area contributed by atoms with Gasteiger partial charge in [-0.15, -0.1) is 0 Å². The van der Waals surface area contributed by atoms with E-state index < -0.39 is 5.97 Å². The first kappa shape index (κ1) is 22.0. The zero-order chi connectivity index (χ0) is 21.7. The van der Waals surface area contributed by atoms with Gasteiger partial charge in [-0.1, -0.05) is 6.07 Å². The molecule has 31 heavy (non-hydrogen) atoms. The summed E-state index contributed by atoms with van der Waals surface area (Å²) >= 11 is 0. The minimum atomic E-state index is -0.947. The second kappa shape index (κ2) is 12.1. The maximum absolute atomic E-state index is 11.0. The SMILES string of the molecule is O=C(O)c1cccc(OCCCCCCOc2ccc(N=Cc3ccncc3)cc2)c1. The van der Waals surface area contributed by atoms with Crippen molar-refractivity contribution < 1.29 is 19.4 Å². The molecule has 0 atom stereocenters. The summed E-state index contributed by atoms with van der Waals surface area (Å²) in [4.78, 5) is 19.4. The van der Waals surface area contributed by atoms with Gasteiger partial charge in [0, 0.05) is 18.6 Å². The summed E-state index contributed by atoms with van der Waals surface area (Å²) in [7, 11) is 0. The second-order valence-corrected chi connectivity index (χ2v) is 6.98. The van der Waals surface area contributed by atoms with E-state index in [4.69, 9.17) is 14.6 Å². The molecule has 3 aromatic rings. The zero-order valence-corrected chi connectivity index (χ0v) is 17.3. The largest absolute Gasteiger partial charge is 0.494 e. The number of carboxylic acids is 1. The molecule has 1 aromatic heterocycles. The Morgan fingerprint density at radius 3 is 2.23 bits per heavy atom. The lowest BCUT2D eigenvalue weighted by Gasteiger charge is -2.08. The predicted molar refractivity (Wildman–Crippen MR) is 121 cm³/mol. The van der Waals surface area contributed by atoms with Crippen molar-refractivity contribution in [2.24, 2.45) is 4.99 Å². The Bertz CT molecular complexity index is 972. The van der Waals surface area contributed by atoms with E-state index in [1.165, 1.54) is 0 Å². The standard InChI is InChI=1S/C25H26N2O4/c28-25(29)21-6-5-7-24(18-21)31-17-4-2-1-3-16-30-23-10-8-22(9-11-23)27-19-20-12-14-26-15-13-20/h5-15,18-19H,1-4,16-17H2,(H,28,29). The first-order chi connectivity index (χ1) is 15.2. The van der Waals surface area contributed by atoms with Gasteiger partial charge in [-0.3, -0.25) is 9.98 Å². The Balaban J connectivity index is 1.27. The molecule has 6 heteroatoms. The summed E-state index contributed by atoms with van der Waals surface area (Å²) in [5.74, 6) is 0.485. The molecule has 0 aliphatic rings. The zero-order valence-electron chi connectivity index (χ0n) is 17.3. The van der Waals surface area contributed by atoms with Crippen molar-refractivity contribution in [3.8, 4) is 11.5 Å². The maximum Gasteiger partial charge on any atom is 0.335 e. The van der Waals surface area contributed by atoms with Crippen molar-refractivity contribution in [2.75, 3.05) is 13.2 Å².